The van der Waals surface area contributed by atoms with Gasteiger partial charge in [0.2, 0.25) is 0 Å². The van der Waals surface area contributed by atoms with Crippen LogP contribution in [0.1, 0.15) is 32.4 Å². The zero-order valence-electron chi connectivity index (χ0n) is 12.1. The molecule has 1 atom stereocenters. The van der Waals surface area contributed by atoms with Crippen molar-refractivity contribution >= 4 is 22.0 Å². The van der Waals surface area contributed by atoms with Crippen LogP contribution in [-0.2, 0) is 4.74 Å². The van der Waals surface area contributed by atoms with E-state index in [0.29, 0.717) is 5.75 Å². The fraction of sp³-hybridized carbons (Fsp3) is 0.538. The zero-order valence-corrected chi connectivity index (χ0v) is 13.7. The van der Waals surface area contributed by atoms with Crippen molar-refractivity contribution in [2.45, 2.75) is 32.4 Å². The number of aromatic nitrogens is 1. The highest BCUT2D eigenvalue weighted by atomic mass is 79.9. The minimum atomic E-state index is -0.539. The van der Waals surface area contributed by atoms with E-state index in [1.165, 1.54) is 0 Å². The smallest absolute Gasteiger partial charge is 0.407 e. The van der Waals surface area contributed by atoms with Gasteiger partial charge in [0.25, 0.3) is 0 Å². The number of amides is 1. The number of carbonyl (C=O) groups excluding carboxylic acids is 1. The molecule has 0 aliphatic carbocycles. The van der Waals surface area contributed by atoms with Crippen LogP contribution in [0.5, 0.6) is 5.75 Å². The Kier molecular flexibility index (Phi) is 5.76. The van der Waals surface area contributed by atoms with E-state index in [4.69, 9.17) is 15.2 Å². The van der Waals surface area contributed by atoms with Gasteiger partial charge in [-0.1, -0.05) is 0 Å². The topological polar surface area (TPSA) is 86.5 Å². The molecule has 1 amide bonds. The number of nitrogens with one attached hydrogen (secondary N) is 1. The average Bonchev–Trinajstić information content (AvgIpc) is 2.33. The fourth-order valence-electron chi connectivity index (χ4n) is 1.56. The lowest BCUT2D eigenvalue weighted by atomic mass is 10.1. The predicted molar refractivity (Wildman–Crippen MR) is 79.7 cm³/mol. The number of hydrogen-bond donors (Lipinski definition) is 2. The van der Waals surface area contributed by atoms with Crippen LogP contribution < -0.4 is 15.8 Å². The molecule has 0 bridgehead atoms. The maximum absolute atomic E-state index is 11.6. The summed E-state index contributed by atoms with van der Waals surface area (Å²) in [7, 11) is 1.54. The largest absolute Gasteiger partial charge is 0.495 e. The monoisotopic (exact) mass is 345 g/mol. The van der Waals surface area contributed by atoms with Crippen molar-refractivity contribution < 1.29 is 14.3 Å². The van der Waals surface area contributed by atoms with Crippen LogP contribution in [0, 0.1) is 0 Å². The van der Waals surface area contributed by atoms with Gasteiger partial charge in [0.15, 0.2) is 0 Å². The lowest BCUT2D eigenvalue weighted by molar-refractivity contribution is 0.0524. The molecule has 0 aliphatic heterocycles. The van der Waals surface area contributed by atoms with Crippen molar-refractivity contribution in [2.75, 3.05) is 13.7 Å². The number of alkyl carbamates (subject to hydrolysis) is 1. The van der Waals surface area contributed by atoms with E-state index in [-0.39, 0.29) is 6.54 Å². The number of hydrogen-bond acceptors (Lipinski definition) is 5. The summed E-state index contributed by atoms with van der Waals surface area (Å²) >= 11 is 3.38. The third-order valence-corrected chi connectivity index (χ3v) is 2.99. The molecule has 6 nitrogen and oxygen atoms in total. The molecule has 112 valence electrons. The summed E-state index contributed by atoms with van der Waals surface area (Å²) in [6.45, 7) is 5.63. The maximum Gasteiger partial charge on any atom is 0.407 e. The first-order valence-electron chi connectivity index (χ1n) is 6.14. The minimum Gasteiger partial charge on any atom is -0.495 e. The molecule has 7 heteroatoms. The highest BCUT2D eigenvalue weighted by molar-refractivity contribution is 9.10. The Bertz CT molecular complexity index is 474. The first-order chi connectivity index (χ1) is 9.24. The number of nitrogens with zero attached hydrogens (tertiary/aromatic N) is 1. The van der Waals surface area contributed by atoms with E-state index in [2.05, 4.69) is 26.2 Å². The Morgan fingerprint density at radius 3 is 2.70 bits per heavy atom. The molecule has 0 saturated carbocycles. The van der Waals surface area contributed by atoms with Crippen LogP contribution in [-0.4, -0.2) is 30.3 Å². The Morgan fingerprint density at radius 2 is 2.15 bits per heavy atom. The molecule has 0 fully saturated rings. The lowest BCUT2D eigenvalue weighted by Crippen LogP contribution is -2.36. The molecule has 1 heterocycles. The highest BCUT2D eigenvalue weighted by Crippen LogP contribution is 2.29. The molecule has 0 aliphatic rings. The predicted octanol–water partition coefficient (Wildman–Crippen LogP) is 2.38. The molecule has 0 spiro atoms. The normalized spacial score (nSPS) is 12.7. The Balaban J connectivity index is 2.68. The number of carbonyl (C=O) groups is 1. The first-order valence-corrected chi connectivity index (χ1v) is 6.93. The third-order valence-electron chi connectivity index (χ3n) is 2.36. The molecule has 3 N–H and O–H groups in total. The number of pyridine rings is 1. The van der Waals surface area contributed by atoms with Crippen LogP contribution >= 0.6 is 15.9 Å². The van der Waals surface area contributed by atoms with Gasteiger partial charge in [-0.15, -0.1) is 0 Å². The van der Waals surface area contributed by atoms with Crippen molar-refractivity contribution in [1.29, 1.82) is 0 Å². The molecule has 1 aromatic rings. The van der Waals surface area contributed by atoms with Gasteiger partial charge in [-0.2, -0.15) is 0 Å². The summed E-state index contributed by atoms with van der Waals surface area (Å²) in [5, 5.41) is 2.63. The van der Waals surface area contributed by atoms with Gasteiger partial charge in [0.05, 0.1) is 19.3 Å². The number of ether oxygens (including phenoxy) is 2. The van der Waals surface area contributed by atoms with E-state index in [1.54, 1.807) is 40.3 Å². The SMILES string of the molecule is COc1cncc(Br)c1C(N)CNC(=O)OC(C)(C)C. The summed E-state index contributed by atoms with van der Waals surface area (Å²) in [6, 6.07) is -0.435. The van der Waals surface area contributed by atoms with E-state index >= 15 is 0 Å². The standard InChI is InChI=1S/C13H20BrN3O3/c1-13(2,3)20-12(18)17-6-9(15)11-8(14)5-16-7-10(11)19-4/h5,7,9H,6,15H2,1-4H3,(H,17,18). The van der Waals surface area contributed by atoms with Crippen LogP contribution in [0.25, 0.3) is 0 Å². The Morgan fingerprint density at radius 1 is 1.50 bits per heavy atom. The van der Waals surface area contributed by atoms with Crippen LogP contribution in [0.2, 0.25) is 0 Å². The number of methoxy groups -OCH3 is 1. The molecule has 1 aromatic heterocycles. The summed E-state index contributed by atoms with van der Waals surface area (Å²) in [6.07, 6.45) is 2.70. The molecular formula is C13H20BrN3O3. The summed E-state index contributed by atoms with van der Waals surface area (Å²) in [5.74, 6) is 0.567. The summed E-state index contributed by atoms with van der Waals surface area (Å²) < 4.78 is 11.1. The zero-order chi connectivity index (χ0) is 15.3. The van der Waals surface area contributed by atoms with Gasteiger partial charge >= 0.3 is 6.09 Å². The van der Waals surface area contributed by atoms with Crippen LogP contribution in [0.4, 0.5) is 4.79 Å². The Labute approximate surface area is 127 Å². The molecule has 1 unspecified atom stereocenters. The van der Waals surface area contributed by atoms with Crippen molar-refractivity contribution in [2.24, 2.45) is 5.73 Å². The lowest BCUT2D eigenvalue weighted by Gasteiger charge is -2.21. The maximum atomic E-state index is 11.6. The first kappa shape index (κ1) is 16.7. The van der Waals surface area contributed by atoms with Gasteiger partial charge in [-0.3, -0.25) is 4.98 Å². The molecule has 0 aromatic carbocycles. The number of halogens is 1. The summed E-state index contributed by atoms with van der Waals surface area (Å²) in [5.41, 5.74) is 6.29. The highest BCUT2D eigenvalue weighted by Gasteiger charge is 2.19. The van der Waals surface area contributed by atoms with Crippen molar-refractivity contribution in [3.63, 3.8) is 0 Å². The van der Waals surface area contributed by atoms with Crippen molar-refractivity contribution in [3.05, 3.63) is 22.4 Å². The molecule has 20 heavy (non-hydrogen) atoms. The quantitative estimate of drug-likeness (QED) is 0.874. The minimum absolute atomic E-state index is 0.230. The van der Waals surface area contributed by atoms with E-state index in [0.717, 1.165) is 10.0 Å². The molecule has 1 rings (SSSR count). The van der Waals surface area contributed by atoms with Gasteiger partial charge in [0.1, 0.15) is 11.4 Å². The second-order valence-electron chi connectivity index (χ2n) is 5.23. The van der Waals surface area contributed by atoms with Crippen molar-refractivity contribution in [1.82, 2.24) is 10.3 Å². The number of nitrogens with two attached hydrogens (primary N) is 1. The van der Waals surface area contributed by atoms with Gasteiger partial charge in [-0.25, -0.2) is 4.79 Å². The Hall–Kier alpha value is -1.34. The van der Waals surface area contributed by atoms with E-state index in [1.807, 2.05) is 0 Å². The van der Waals surface area contributed by atoms with Crippen molar-refractivity contribution in [3.8, 4) is 5.75 Å². The van der Waals surface area contributed by atoms with Gasteiger partial charge < -0.3 is 20.5 Å². The fourth-order valence-corrected chi connectivity index (χ4v) is 2.17. The van der Waals surface area contributed by atoms with Gasteiger partial charge in [-0.05, 0) is 36.7 Å². The molecule has 0 radical (unpaired) electrons. The van der Waals surface area contributed by atoms with Crippen LogP contribution in [0.15, 0.2) is 16.9 Å². The average molecular weight is 346 g/mol. The van der Waals surface area contributed by atoms with E-state index < -0.39 is 17.7 Å². The van der Waals surface area contributed by atoms with E-state index in [9.17, 15) is 4.79 Å². The second kappa shape index (κ2) is 6.90. The molecular weight excluding hydrogens is 326 g/mol. The van der Waals surface area contributed by atoms with Gasteiger partial charge in [0, 0.05) is 22.8 Å². The number of rotatable bonds is 4. The summed E-state index contributed by atoms with van der Waals surface area (Å²) in [4.78, 5) is 15.6. The molecule has 0 saturated heterocycles. The van der Waals surface area contributed by atoms with Crippen LogP contribution in [0.3, 0.4) is 0 Å². The second-order valence-corrected chi connectivity index (χ2v) is 6.08. The third kappa shape index (κ3) is 4.97.